The first-order chi connectivity index (χ1) is 9.74. The minimum atomic E-state index is 0.209. The fraction of sp³-hybridized carbons (Fsp3) is 0.588. The van der Waals surface area contributed by atoms with Gasteiger partial charge in [-0.05, 0) is 60.8 Å². The number of carbonyl (C=O) groups excluding carboxylic acids is 1. The maximum atomic E-state index is 12.5. The molecule has 1 aromatic carbocycles. The van der Waals surface area contributed by atoms with Crippen LogP contribution in [0.2, 0.25) is 0 Å². The number of carbonyl (C=O) groups is 1. The summed E-state index contributed by atoms with van der Waals surface area (Å²) >= 11 is 0. The van der Waals surface area contributed by atoms with Crippen molar-refractivity contribution in [1.29, 1.82) is 0 Å². The number of aryl methyl sites for hydroxylation is 1. The average molecular weight is 270 g/mol. The second-order valence-electron chi connectivity index (χ2n) is 6.70. The van der Waals surface area contributed by atoms with E-state index in [0.29, 0.717) is 23.7 Å². The summed E-state index contributed by atoms with van der Waals surface area (Å²) in [6.45, 7) is 0. The molecule has 1 amide bonds. The molecular formula is C17H22N2O. The summed E-state index contributed by atoms with van der Waals surface area (Å²) in [6, 6.07) is 6.29. The van der Waals surface area contributed by atoms with Crippen LogP contribution in [0.5, 0.6) is 0 Å². The third-order valence-corrected chi connectivity index (χ3v) is 5.52. The molecule has 106 valence electrons. The van der Waals surface area contributed by atoms with E-state index in [-0.39, 0.29) is 6.04 Å². The van der Waals surface area contributed by atoms with Crippen LogP contribution < -0.4 is 11.1 Å². The number of hydrogen-bond donors (Lipinski definition) is 2. The molecule has 0 bridgehead atoms. The van der Waals surface area contributed by atoms with Crippen LogP contribution in [-0.4, -0.2) is 5.91 Å². The fourth-order valence-electron chi connectivity index (χ4n) is 4.44. The molecule has 3 aliphatic rings. The van der Waals surface area contributed by atoms with E-state index in [1.54, 1.807) is 0 Å². The monoisotopic (exact) mass is 270 g/mol. The van der Waals surface area contributed by atoms with Crippen molar-refractivity contribution in [3.05, 3.63) is 29.3 Å². The zero-order chi connectivity index (χ0) is 13.7. The number of anilines is 1. The van der Waals surface area contributed by atoms with Gasteiger partial charge in [-0.15, -0.1) is 0 Å². The van der Waals surface area contributed by atoms with Gasteiger partial charge in [-0.3, -0.25) is 4.79 Å². The molecule has 20 heavy (non-hydrogen) atoms. The minimum absolute atomic E-state index is 0.209. The Morgan fingerprint density at radius 2 is 1.90 bits per heavy atom. The number of nitrogens with two attached hydrogens (primary N) is 1. The lowest BCUT2D eigenvalue weighted by Crippen LogP contribution is -2.29. The zero-order valence-corrected chi connectivity index (χ0v) is 11.8. The number of fused-ring (bicyclic) bond motifs is 2. The summed E-state index contributed by atoms with van der Waals surface area (Å²) in [4.78, 5) is 12.5. The highest BCUT2D eigenvalue weighted by Crippen LogP contribution is 2.55. The molecule has 3 N–H and O–H groups in total. The minimum Gasteiger partial charge on any atom is -0.399 e. The Kier molecular flexibility index (Phi) is 2.76. The average Bonchev–Trinajstić information content (AvgIpc) is 3.07. The molecule has 2 fully saturated rings. The lowest BCUT2D eigenvalue weighted by Gasteiger charge is -2.14. The van der Waals surface area contributed by atoms with E-state index in [1.807, 2.05) is 6.07 Å². The second kappa shape index (κ2) is 4.51. The fourth-order valence-corrected chi connectivity index (χ4v) is 4.44. The first-order valence-electron chi connectivity index (χ1n) is 7.93. The summed E-state index contributed by atoms with van der Waals surface area (Å²) in [5.74, 6) is 2.00. The highest BCUT2D eigenvalue weighted by molar-refractivity contribution is 5.83. The van der Waals surface area contributed by atoms with Crippen molar-refractivity contribution in [3.8, 4) is 0 Å². The Hall–Kier alpha value is -1.51. The van der Waals surface area contributed by atoms with E-state index in [0.717, 1.165) is 18.5 Å². The quantitative estimate of drug-likeness (QED) is 0.812. The van der Waals surface area contributed by atoms with Crippen molar-refractivity contribution in [2.75, 3.05) is 5.73 Å². The molecule has 3 aliphatic carbocycles. The van der Waals surface area contributed by atoms with E-state index in [1.165, 1.54) is 36.8 Å². The summed E-state index contributed by atoms with van der Waals surface area (Å²) in [7, 11) is 0. The third-order valence-electron chi connectivity index (χ3n) is 5.52. The van der Waals surface area contributed by atoms with Gasteiger partial charge in [-0.25, -0.2) is 0 Å². The number of nitrogens with one attached hydrogen (secondary N) is 1. The molecule has 1 aromatic rings. The molecule has 3 unspecified atom stereocenters. The van der Waals surface area contributed by atoms with Gasteiger partial charge >= 0.3 is 0 Å². The molecule has 2 saturated carbocycles. The summed E-state index contributed by atoms with van der Waals surface area (Å²) < 4.78 is 0. The second-order valence-corrected chi connectivity index (χ2v) is 6.70. The van der Waals surface area contributed by atoms with Crippen LogP contribution in [0.15, 0.2) is 18.2 Å². The van der Waals surface area contributed by atoms with Crippen LogP contribution in [0, 0.1) is 17.8 Å². The predicted octanol–water partition coefficient (Wildman–Crippen LogP) is 2.81. The molecule has 0 aliphatic heterocycles. The predicted molar refractivity (Wildman–Crippen MR) is 79.0 cm³/mol. The third kappa shape index (κ3) is 1.91. The summed E-state index contributed by atoms with van der Waals surface area (Å²) in [5, 5.41) is 3.29. The van der Waals surface area contributed by atoms with Gasteiger partial charge in [-0.1, -0.05) is 18.9 Å². The molecule has 0 aromatic heterocycles. The van der Waals surface area contributed by atoms with Crippen LogP contribution in [0.25, 0.3) is 0 Å². The van der Waals surface area contributed by atoms with Gasteiger partial charge in [0.15, 0.2) is 0 Å². The number of benzene rings is 1. The van der Waals surface area contributed by atoms with Crippen molar-refractivity contribution < 1.29 is 4.79 Å². The van der Waals surface area contributed by atoms with Crippen LogP contribution in [0.1, 0.15) is 49.3 Å². The highest BCUT2D eigenvalue weighted by atomic mass is 16.2. The first-order valence-corrected chi connectivity index (χ1v) is 7.93. The number of rotatable bonds is 2. The molecule has 4 rings (SSSR count). The van der Waals surface area contributed by atoms with E-state index in [9.17, 15) is 4.79 Å². The maximum Gasteiger partial charge on any atom is 0.224 e. The van der Waals surface area contributed by atoms with Crippen LogP contribution >= 0.6 is 0 Å². The van der Waals surface area contributed by atoms with Crippen LogP contribution in [0.4, 0.5) is 5.69 Å². The molecule has 0 saturated heterocycles. The zero-order valence-electron chi connectivity index (χ0n) is 11.8. The van der Waals surface area contributed by atoms with Crippen molar-refractivity contribution in [2.24, 2.45) is 17.8 Å². The van der Waals surface area contributed by atoms with Crippen LogP contribution in [0.3, 0.4) is 0 Å². The summed E-state index contributed by atoms with van der Waals surface area (Å²) in [5.41, 5.74) is 9.23. The van der Waals surface area contributed by atoms with Gasteiger partial charge in [0.1, 0.15) is 0 Å². The largest absolute Gasteiger partial charge is 0.399 e. The Bertz CT molecular complexity index is 542. The van der Waals surface area contributed by atoms with Gasteiger partial charge in [0, 0.05) is 11.6 Å². The molecule has 0 radical (unpaired) electrons. The van der Waals surface area contributed by atoms with Gasteiger partial charge in [0.25, 0.3) is 0 Å². The van der Waals surface area contributed by atoms with Crippen molar-refractivity contribution in [1.82, 2.24) is 5.32 Å². The van der Waals surface area contributed by atoms with Gasteiger partial charge in [0.2, 0.25) is 5.91 Å². The standard InChI is InChI=1S/C17H22N2O/c18-11-6-7-12-10(9-11)5-8-15(12)19-17(20)16-13-3-1-2-4-14(13)16/h6-7,9,13-16H,1-5,8,18H2,(H,19,20). The van der Waals surface area contributed by atoms with E-state index >= 15 is 0 Å². The van der Waals surface area contributed by atoms with Crippen LogP contribution in [-0.2, 0) is 11.2 Å². The molecule has 3 atom stereocenters. The molecule has 3 nitrogen and oxygen atoms in total. The number of amides is 1. The lowest BCUT2D eigenvalue weighted by molar-refractivity contribution is -0.123. The van der Waals surface area contributed by atoms with Crippen molar-refractivity contribution >= 4 is 11.6 Å². The Morgan fingerprint density at radius 3 is 2.65 bits per heavy atom. The van der Waals surface area contributed by atoms with E-state index < -0.39 is 0 Å². The van der Waals surface area contributed by atoms with E-state index in [2.05, 4.69) is 17.4 Å². The Labute approximate surface area is 119 Å². The van der Waals surface area contributed by atoms with Gasteiger partial charge < -0.3 is 11.1 Å². The Morgan fingerprint density at radius 1 is 1.15 bits per heavy atom. The Balaban J connectivity index is 1.45. The smallest absolute Gasteiger partial charge is 0.224 e. The number of nitrogen functional groups attached to an aromatic ring is 1. The summed E-state index contributed by atoms with van der Waals surface area (Å²) in [6.07, 6.45) is 7.21. The molecule has 3 heteroatoms. The molecule has 0 spiro atoms. The topological polar surface area (TPSA) is 55.1 Å². The van der Waals surface area contributed by atoms with Crippen molar-refractivity contribution in [2.45, 2.75) is 44.6 Å². The molecule has 0 heterocycles. The highest BCUT2D eigenvalue weighted by Gasteiger charge is 2.54. The van der Waals surface area contributed by atoms with Crippen molar-refractivity contribution in [3.63, 3.8) is 0 Å². The first kappa shape index (κ1) is 12.2. The van der Waals surface area contributed by atoms with Gasteiger partial charge in [0.05, 0.1) is 6.04 Å². The van der Waals surface area contributed by atoms with E-state index in [4.69, 9.17) is 5.73 Å². The normalized spacial score (nSPS) is 34.2. The maximum absolute atomic E-state index is 12.5. The van der Waals surface area contributed by atoms with Gasteiger partial charge in [-0.2, -0.15) is 0 Å². The lowest BCUT2D eigenvalue weighted by atomic mass is 10.0. The number of hydrogen-bond acceptors (Lipinski definition) is 2. The SMILES string of the molecule is Nc1ccc2c(c1)CCC2NC(=O)C1C2CCCCC21. The molecular weight excluding hydrogens is 248 g/mol.